The van der Waals surface area contributed by atoms with Gasteiger partial charge >= 0.3 is 5.97 Å². The number of fused-ring (bicyclic) bond motifs is 3. The second kappa shape index (κ2) is 2.33. The van der Waals surface area contributed by atoms with E-state index in [1.807, 2.05) is 6.08 Å². The molecule has 0 aromatic rings. The van der Waals surface area contributed by atoms with Gasteiger partial charge in [-0.3, -0.25) is 0 Å². The van der Waals surface area contributed by atoms with Crippen LogP contribution in [-0.4, -0.2) is 37.5 Å². The number of ether oxygens (including phenoxy) is 3. The Morgan fingerprint density at radius 2 is 2.38 bits per heavy atom. The van der Waals surface area contributed by atoms with Gasteiger partial charge in [-0.15, -0.1) is 0 Å². The van der Waals surface area contributed by atoms with Crippen molar-refractivity contribution in [3.8, 4) is 0 Å². The SMILES string of the molecule is COC(=O)C1=CCC2OC2C2OC12. The molecule has 0 aromatic heterocycles. The second-order valence-electron chi connectivity index (χ2n) is 3.55. The molecular weight excluding hydrogens is 172 g/mol. The second-order valence-corrected chi connectivity index (χ2v) is 3.55. The molecule has 4 atom stereocenters. The first-order valence-corrected chi connectivity index (χ1v) is 4.40. The van der Waals surface area contributed by atoms with Gasteiger partial charge in [-0.1, -0.05) is 6.08 Å². The van der Waals surface area contributed by atoms with Crippen LogP contribution in [0.15, 0.2) is 11.6 Å². The van der Waals surface area contributed by atoms with E-state index in [-0.39, 0.29) is 30.4 Å². The molecule has 2 heterocycles. The van der Waals surface area contributed by atoms with Crippen LogP contribution in [0.4, 0.5) is 0 Å². The highest BCUT2D eigenvalue weighted by Crippen LogP contribution is 2.46. The maximum atomic E-state index is 11.3. The Morgan fingerprint density at radius 1 is 1.54 bits per heavy atom. The molecule has 4 heteroatoms. The zero-order chi connectivity index (χ0) is 9.00. The fraction of sp³-hybridized carbons (Fsp3) is 0.667. The summed E-state index contributed by atoms with van der Waals surface area (Å²) in [5.41, 5.74) is 0.670. The number of esters is 1. The molecule has 3 aliphatic rings. The molecule has 4 unspecified atom stereocenters. The van der Waals surface area contributed by atoms with Crippen LogP contribution < -0.4 is 0 Å². The Bertz CT molecular complexity index is 296. The normalized spacial score (nSPS) is 45.2. The Balaban J connectivity index is 1.84. The Hall–Kier alpha value is -0.870. The molecule has 70 valence electrons. The van der Waals surface area contributed by atoms with E-state index >= 15 is 0 Å². The summed E-state index contributed by atoms with van der Waals surface area (Å²) >= 11 is 0. The van der Waals surface area contributed by atoms with Gasteiger partial charge in [-0.25, -0.2) is 4.79 Å². The van der Waals surface area contributed by atoms with Crippen molar-refractivity contribution in [2.24, 2.45) is 0 Å². The number of hydrogen-bond acceptors (Lipinski definition) is 4. The maximum absolute atomic E-state index is 11.3. The molecule has 0 radical (unpaired) electrons. The third-order valence-corrected chi connectivity index (χ3v) is 2.77. The Kier molecular flexibility index (Phi) is 1.35. The minimum absolute atomic E-state index is 0.0649. The number of epoxide rings is 2. The summed E-state index contributed by atoms with van der Waals surface area (Å²) in [7, 11) is 1.39. The summed E-state index contributed by atoms with van der Waals surface area (Å²) in [6.07, 6.45) is 3.24. The summed E-state index contributed by atoms with van der Waals surface area (Å²) < 4.78 is 15.4. The standard InChI is InChI=1S/C9H10O4/c1-11-9(10)4-2-3-5-7(12-5)8-6(4)13-8/h2,5-8H,3H2,1H3. The molecule has 0 saturated carbocycles. The number of carbonyl (C=O) groups excluding carboxylic acids is 1. The van der Waals surface area contributed by atoms with E-state index in [9.17, 15) is 4.79 Å². The molecule has 1 aliphatic carbocycles. The Morgan fingerprint density at radius 3 is 3.15 bits per heavy atom. The average molecular weight is 182 g/mol. The van der Waals surface area contributed by atoms with Crippen LogP contribution >= 0.6 is 0 Å². The highest BCUT2D eigenvalue weighted by Gasteiger charge is 2.60. The molecule has 0 bridgehead atoms. The van der Waals surface area contributed by atoms with Gasteiger partial charge < -0.3 is 14.2 Å². The summed E-state index contributed by atoms with van der Waals surface area (Å²) in [6.45, 7) is 0. The highest BCUT2D eigenvalue weighted by molar-refractivity contribution is 5.90. The van der Waals surface area contributed by atoms with Crippen molar-refractivity contribution in [2.75, 3.05) is 7.11 Å². The molecule has 2 fully saturated rings. The number of carbonyl (C=O) groups is 1. The van der Waals surface area contributed by atoms with Crippen molar-refractivity contribution >= 4 is 5.97 Å². The van der Waals surface area contributed by atoms with Gasteiger partial charge in [0.2, 0.25) is 0 Å². The van der Waals surface area contributed by atoms with E-state index in [0.717, 1.165) is 6.42 Å². The van der Waals surface area contributed by atoms with Crippen molar-refractivity contribution < 1.29 is 19.0 Å². The van der Waals surface area contributed by atoms with E-state index in [2.05, 4.69) is 4.74 Å². The molecule has 0 aromatic carbocycles. The lowest BCUT2D eigenvalue weighted by molar-refractivity contribution is -0.136. The molecule has 0 amide bonds. The van der Waals surface area contributed by atoms with E-state index in [0.29, 0.717) is 5.57 Å². The highest BCUT2D eigenvalue weighted by atomic mass is 16.7. The zero-order valence-electron chi connectivity index (χ0n) is 7.23. The zero-order valence-corrected chi connectivity index (χ0v) is 7.23. The minimum Gasteiger partial charge on any atom is -0.466 e. The van der Waals surface area contributed by atoms with Gasteiger partial charge in [0.25, 0.3) is 0 Å². The summed E-state index contributed by atoms with van der Waals surface area (Å²) in [4.78, 5) is 11.3. The van der Waals surface area contributed by atoms with Crippen molar-refractivity contribution in [3.63, 3.8) is 0 Å². The molecule has 13 heavy (non-hydrogen) atoms. The molecule has 0 N–H and O–H groups in total. The van der Waals surface area contributed by atoms with E-state index in [1.54, 1.807) is 0 Å². The lowest BCUT2D eigenvalue weighted by Gasteiger charge is -2.00. The van der Waals surface area contributed by atoms with Gasteiger partial charge in [0, 0.05) is 0 Å². The van der Waals surface area contributed by atoms with E-state index in [1.165, 1.54) is 7.11 Å². The molecule has 4 nitrogen and oxygen atoms in total. The van der Waals surface area contributed by atoms with Crippen LogP contribution in [0.2, 0.25) is 0 Å². The fourth-order valence-corrected chi connectivity index (χ4v) is 1.94. The molecule has 0 spiro atoms. The maximum Gasteiger partial charge on any atom is 0.336 e. The first-order chi connectivity index (χ1) is 6.31. The first kappa shape index (κ1) is 7.53. The predicted molar refractivity (Wildman–Crippen MR) is 42.0 cm³/mol. The van der Waals surface area contributed by atoms with Crippen molar-refractivity contribution in [3.05, 3.63) is 11.6 Å². The summed E-state index contributed by atoms with van der Waals surface area (Å²) in [5.74, 6) is -0.270. The summed E-state index contributed by atoms with van der Waals surface area (Å²) in [6, 6.07) is 0. The topological polar surface area (TPSA) is 51.4 Å². The number of rotatable bonds is 1. The number of hydrogen-bond donors (Lipinski definition) is 0. The van der Waals surface area contributed by atoms with Crippen molar-refractivity contribution in [1.82, 2.24) is 0 Å². The van der Waals surface area contributed by atoms with E-state index < -0.39 is 0 Å². The van der Waals surface area contributed by atoms with Crippen molar-refractivity contribution in [1.29, 1.82) is 0 Å². The third kappa shape index (κ3) is 1.02. The lowest BCUT2D eigenvalue weighted by atomic mass is 10.1. The number of methoxy groups -OCH3 is 1. The fourth-order valence-electron chi connectivity index (χ4n) is 1.94. The first-order valence-electron chi connectivity index (χ1n) is 4.40. The van der Waals surface area contributed by atoms with Gasteiger partial charge in [0.1, 0.15) is 18.3 Å². The van der Waals surface area contributed by atoms with Crippen LogP contribution in [-0.2, 0) is 19.0 Å². The van der Waals surface area contributed by atoms with Crippen LogP contribution in [0.1, 0.15) is 6.42 Å². The van der Waals surface area contributed by atoms with Crippen LogP contribution in [0.5, 0.6) is 0 Å². The quantitative estimate of drug-likeness (QED) is 0.424. The van der Waals surface area contributed by atoms with Crippen LogP contribution in [0.3, 0.4) is 0 Å². The average Bonchev–Trinajstić information content (AvgIpc) is 2.93. The van der Waals surface area contributed by atoms with Gasteiger partial charge in [0.15, 0.2) is 0 Å². The van der Waals surface area contributed by atoms with Gasteiger partial charge in [-0.05, 0) is 6.42 Å². The van der Waals surface area contributed by atoms with Crippen LogP contribution in [0, 0.1) is 0 Å². The molecular formula is C9H10O4. The largest absolute Gasteiger partial charge is 0.466 e. The Labute approximate surface area is 75.5 Å². The molecule has 2 saturated heterocycles. The summed E-state index contributed by atoms with van der Waals surface area (Å²) in [5, 5.41) is 0. The van der Waals surface area contributed by atoms with Gasteiger partial charge in [-0.2, -0.15) is 0 Å². The van der Waals surface area contributed by atoms with E-state index in [4.69, 9.17) is 9.47 Å². The minimum atomic E-state index is -0.270. The monoisotopic (exact) mass is 182 g/mol. The van der Waals surface area contributed by atoms with Gasteiger partial charge in [0.05, 0.1) is 18.8 Å². The van der Waals surface area contributed by atoms with Crippen molar-refractivity contribution in [2.45, 2.75) is 30.8 Å². The predicted octanol–water partition coefficient (Wildman–Crippen LogP) is 0.0243. The smallest absolute Gasteiger partial charge is 0.336 e. The third-order valence-electron chi connectivity index (χ3n) is 2.77. The van der Waals surface area contributed by atoms with Crippen LogP contribution in [0.25, 0.3) is 0 Å². The molecule has 3 rings (SSSR count). The lowest BCUT2D eigenvalue weighted by Crippen LogP contribution is -2.12. The molecule has 2 aliphatic heterocycles.